The van der Waals surface area contributed by atoms with Gasteiger partial charge in [-0.3, -0.25) is 19.3 Å². The van der Waals surface area contributed by atoms with E-state index < -0.39 is 0 Å². The smallest absolute Gasteiger partial charge is 0.261 e. The van der Waals surface area contributed by atoms with E-state index in [2.05, 4.69) is 5.32 Å². The summed E-state index contributed by atoms with van der Waals surface area (Å²) in [7, 11) is 0. The molecule has 6 nitrogen and oxygen atoms in total. The van der Waals surface area contributed by atoms with Crippen LogP contribution >= 0.6 is 0 Å². The highest BCUT2D eigenvalue weighted by Gasteiger charge is 2.35. The molecule has 1 N–H and O–H groups in total. The Bertz CT molecular complexity index is 827. The Labute approximate surface area is 138 Å². The summed E-state index contributed by atoms with van der Waals surface area (Å²) >= 11 is 0. The highest BCUT2D eigenvalue weighted by atomic mass is 16.2. The van der Waals surface area contributed by atoms with Gasteiger partial charge in [-0.15, -0.1) is 0 Å². The van der Waals surface area contributed by atoms with Crippen LogP contribution in [0.2, 0.25) is 0 Å². The molecule has 2 aliphatic rings. The van der Waals surface area contributed by atoms with E-state index in [1.165, 1.54) is 4.90 Å². The minimum Gasteiger partial charge on any atom is -0.374 e. The van der Waals surface area contributed by atoms with Crippen LogP contribution in [0.3, 0.4) is 0 Å². The lowest BCUT2D eigenvalue weighted by molar-refractivity contribution is -0.117. The van der Waals surface area contributed by atoms with E-state index in [9.17, 15) is 14.4 Å². The Balaban J connectivity index is 1.55. The van der Waals surface area contributed by atoms with Gasteiger partial charge in [0.1, 0.15) is 0 Å². The number of benzene rings is 2. The van der Waals surface area contributed by atoms with Crippen LogP contribution in [0.25, 0.3) is 0 Å². The van der Waals surface area contributed by atoms with Crippen LogP contribution in [0.15, 0.2) is 48.5 Å². The molecule has 0 aliphatic carbocycles. The number of rotatable bonds is 3. The lowest BCUT2D eigenvalue weighted by Gasteiger charge is -2.31. The zero-order chi connectivity index (χ0) is 16.7. The first kappa shape index (κ1) is 14.4. The fraction of sp³-hybridized carbons (Fsp3) is 0.167. The summed E-state index contributed by atoms with van der Waals surface area (Å²) in [6.45, 7) is 0.661. The summed E-state index contributed by atoms with van der Waals surface area (Å²) in [4.78, 5) is 39.8. The monoisotopic (exact) mass is 321 g/mol. The van der Waals surface area contributed by atoms with Crippen LogP contribution in [-0.4, -0.2) is 42.3 Å². The lowest BCUT2D eigenvalue weighted by Crippen LogP contribution is -2.45. The third-order valence-corrected chi connectivity index (χ3v) is 4.35. The fourth-order valence-electron chi connectivity index (χ4n) is 3.15. The second-order valence-corrected chi connectivity index (χ2v) is 5.72. The third kappa shape index (κ3) is 2.15. The van der Waals surface area contributed by atoms with Gasteiger partial charge in [-0.1, -0.05) is 24.3 Å². The van der Waals surface area contributed by atoms with E-state index in [1.807, 2.05) is 24.3 Å². The van der Waals surface area contributed by atoms with Gasteiger partial charge in [0, 0.05) is 13.1 Å². The number of amides is 3. The van der Waals surface area contributed by atoms with Crippen molar-refractivity contribution in [3.8, 4) is 0 Å². The van der Waals surface area contributed by atoms with Gasteiger partial charge in [0.15, 0.2) is 0 Å². The van der Waals surface area contributed by atoms with E-state index in [1.54, 1.807) is 29.2 Å². The maximum absolute atomic E-state index is 12.4. The van der Waals surface area contributed by atoms with E-state index >= 15 is 0 Å². The van der Waals surface area contributed by atoms with Crippen LogP contribution in [-0.2, 0) is 4.79 Å². The average Bonchev–Trinajstić information content (AvgIpc) is 2.86. The van der Waals surface area contributed by atoms with Gasteiger partial charge in [0.05, 0.1) is 29.0 Å². The molecule has 0 fully saturated rings. The summed E-state index contributed by atoms with van der Waals surface area (Å²) in [6.07, 6.45) is 0. The minimum absolute atomic E-state index is 0.0784. The van der Waals surface area contributed by atoms with Crippen molar-refractivity contribution in [2.45, 2.75) is 0 Å². The van der Waals surface area contributed by atoms with E-state index in [0.29, 0.717) is 11.1 Å². The molecule has 0 saturated carbocycles. The molecule has 0 bridgehead atoms. The predicted octanol–water partition coefficient (Wildman–Crippen LogP) is 1.74. The Kier molecular flexibility index (Phi) is 3.30. The fourth-order valence-corrected chi connectivity index (χ4v) is 3.15. The number of anilines is 2. The van der Waals surface area contributed by atoms with Gasteiger partial charge >= 0.3 is 0 Å². The normalized spacial score (nSPS) is 16.1. The molecule has 0 radical (unpaired) electrons. The van der Waals surface area contributed by atoms with Gasteiger partial charge in [0.25, 0.3) is 11.8 Å². The SMILES string of the molecule is O=C1c2ccccc2C(=O)N1CCN1C(=O)CNc2ccccc21. The van der Waals surface area contributed by atoms with Crippen molar-refractivity contribution in [1.82, 2.24) is 4.90 Å². The van der Waals surface area contributed by atoms with Crippen molar-refractivity contribution in [2.24, 2.45) is 0 Å². The Morgan fingerprint density at radius 1 is 0.792 bits per heavy atom. The minimum atomic E-state index is -0.300. The van der Waals surface area contributed by atoms with Crippen molar-refractivity contribution in [1.29, 1.82) is 0 Å². The van der Waals surface area contributed by atoms with E-state index in [0.717, 1.165) is 11.4 Å². The van der Waals surface area contributed by atoms with Crippen molar-refractivity contribution < 1.29 is 14.4 Å². The highest BCUT2D eigenvalue weighted by molar-refractivity contribution is 6.21. The topological polar surface area (TPSA) is 69.7 Å². The van der Waals surface area contributed by atoms with Crippen LogP contribution < -0.4 is 10.2 Å². The molecule has 2 aromatic rings. The number of imide groups is 1. The first-order valence-electron chi connectivity index (χ1n) is 7.75. The quantitative estimate of drug-likeness (QED) is 0.874. The Morgan fingerprint density at radius 2 is 1.38 bits per heavy atom. The van der Waals surface area contributed by atoms with Gasteiger partial charge in [-0.2, -0.15) is 0 Å². The number of hydrogen-bond acceptors (Lipinski definition) is 4. The molecule has 0 saturated heterocycles. The number of nitrogens with one attached hydrogen (secondary N) is 1. The van der Waals surface area contributed by atoms with Gasteiger partial charge < -0.3 is 10.2 Å². The standard InChI is InChI=1S/C18H15N3O3/c22-16-11-19-14-7-3-4-8-15(14)20(16)9-10-21-17(23)12-5-1-2-6-13(12)18(21)24/h1-8,19H,9-11H2. The van der Waals surface area contributed by atoms with Crippen molar-refractivity contribution in [2.75, 3.05) is 29.9 Å². The summed E-state index contributed by atoms with van der Waals surface area (Å²) in [5.74, 6) is -0.678. The molecular weight excluding hydrogens is 306 g/mol. The molecule has 2 heterocycles. The average molecular weight is 321 g/mol. The summed E-state index contributed by atoms with van der Waals surface area (Å²) in [5.41, 5.74) is 2.49. The number of nitrogens with zero attached hydrogens (tertiary/aromatic N) is 2. The van der Waals surface area contributed by atoms with Crippen LogP contribution in [0, 0.1) is 0 Å². The third-order valence-electron chi connectivity index (χ3n) is 4.35. The number of carbonyl (C=O) groups excluding carboxylic acids is 3. The molecule has 0 aromatic heterocycles. The largest absolute Gasteiger partial charge is 0.374 e. The van der Waals surface area contributed by atoms with Gasteiger partial charge in [0.2, 0.25) is 5.91 Å². The zero-order valence-corrected chi connectivity index (χ0v) is 12.9. The Hall–Kier alpha value is -3.15. The zero-order valence-electron chi connectivity index (χ0n) is 12.9. The van der Waals surface area contributed by atoms with Crippen molar-refractivity contribution >= 4 is 29.1 Å². The second-order valence-electron chi connectivity index (χ2n) is 5.72. The van der Waals surface area contributed by atoms with Crippen LogP contribution in [0.1, 0.15) is 20.7 Å². The first-order valence-corrected chi connectivity index (χ1v) is 7.75. The number of hydrogen-bond donors (Lipinski definition) is 1. The van der Waals surface area contributed by atoms with E-state index in [4.69, 9.17) is 0 Å². The number of carbonyl (C=O) groups is 3. The summed E-state index contributed by atoms with van der Waals surface area (Å²) in [6, 6.07) is 14.3. The van der Waals surface area contributed by atoms with Crippen LogP contribution in [0.4, 0.5) is 11.4 Å². The molecule has 2 aromatic carbocycles. The molecule has 0 spiro atoms. The molecular formula is C18H15N3O3. The molecule has 4 rings (SSSR count). The van der Waals surface area contributed by atoms with Crippen molar-refractivity contribution in [3.05, 3.63) is 59.7 Å². The van der Waals surface area contributed by atoms with Gasteiger partial charge in [-0.05, 0) is 24.3 Å². The summed E-state index contributed by atoms with van der Waals surface area (Å²) < 4.78 is 0. The second kappa shape index (κ2) is 5.49. The molecule has 0 atom stereocenters. The predicted molar refractivity (Wildman–Crippen MR) is 89.1 cm³/mol. The molecule has 120 valence electrons. The molecule has 6 heteroatoms. The van der Waals surface area contributed by atoms with Crippen molar-refractivity contribution in [3.63, 3.8) is 0 Å². The number of para-hydroxylation sites is 2. The number of fused-ring (bicyclic) bond motifs is 2. The van der Waals surface area contributed by atoms with Gasteiger partial charge in [-0.25, -0.2) is 0 Å². The molecule has 2 aliphatic heterocycles. The first-order chi connectivity index (χ1) is 11.7. The van der Waals surface area contributed by atoms with Crippen LogP contribution in [0.5, 0.6) is 0 Å². The maximum Gasteiger partial charge on any atom is 0.261 e. The highest BCUT2D eigenvalue weighted by Crippen LogP contribution is 2.29. The molecule has 3 amide bonds. The Morgan fingerprint density at radius 3 is 2.08 bits per heavy atom. The summed E-state index contributed by atoms with van der Waals surface area (Å²) in [5, 5.41) is 3.06. The lowest BCUT2D eigenvalue weighted by atomic mass is 10.1. The maximum atomic E-state index is 12.4. The molecule has 0 unspecified atom stereocenters. The molecule has 24 heavy (non-hydrogen) atoms. The van der Waals surface area contributed by atoms with E-state index in [-0.39, 0.29) is 37.4 Å².